The average molecular weight is 604 g/mol. The number of benzene rings is 3. The van der Waals surface area contributed by atoms with Crippen LogP contribution < -0.4 is 10.6 Å². The molecule has 2 aliphatic heterocycles. The summed E-state index contributed by atoms with van der Waals surface area (Å²) in [6.45, 7) is 6.21. The standard InChI is InChI=1S/C34H41N3O7/c1-2-42-32(39)21-36-34(40)35-20-25-4-3-5-29(18-25)26-10-12-28(13-11-26)33-43-30(22-37-14-16-41-17-15-37)19-31(44-33)27-8-6-24(23-38)7-9-27/h3-13,18,30-31,33,38H,2,14-17,19-23H2,1H3,(H2,35,36,40)/t30-,31+,33+/m0/s1. The first kappa shape index (κ1) is 31.6. The van der Waals surface area contributed by atoms with Crippen LogP contribution in [-0.2, 0) is 36.9 Å². The molecule has 3 aromatic carbocycles. The second kappa shape index (κ2) is 15.8. The van der Waals surface area contributed by atoms with Crippen molar-refractivity contribution in [1.82, 2.24) is 15.5 Å². The third-order valence-electron chi connectivity index (χ3n) is 7.78. The van der Waals surface area contributed by atoms with E-state index in [0.29, 0.717) is 6.54 Å². The van der Waals surface area contributed by atoms with E-state index in [9.17, 15) is 14.7 Å². The second-order valence-electron chi connectivity index (χ2n) is 10.9. The lowest BCUT2D eigenvalue weighted by atomic mass is 9.99. The normalized spacial score (nSPS) is 20.5. The minimum atomic E-state index is -0.519. The van der Waals surface area contributed by atoms with Crippen molar-refractivity contribution in [1.29, 1.82) is 0 Å². The van der Waals surface area contributed by atoms with Crippen molar-refractivity contribution in [2.24, 2.45) is 0 Å². The molecule has 2 aliphatic rings. The molecule has 2 amide bonds. The Labute approximate surface area is 258 Å². The van der Waals surface area contributed by atoms with Gasteiger partial charge in [-0.1, -0.05) is 66.7 Å². The molecule has 0 radical (unpaired) electrons. The number of rotatable bonds is 11. The molecular weight excluding hydrogens is 562 g/mol. The molecule has 2 fully saturated rings. The van der Waals surface area contributed by atoms with Crippen LogP contribution in [0.4, 0.5) is 4.79 Å². The number of hydrogen-bond acceptors (Lipinski definition) is 8. The van der Waals surface area contributed by atoms with Crippen LogP contribution >= 0.6 is 0 Å². The SMILES string of the molecule is CCOC(=O)CNC(=O)NCc1cccc(-c2ccc([C@@H]3O[C@H](CN4CCOCC4)C[C@H](c4ccc(CO)cc4)O3)cc2)c1. The van der Waals surface area contributed by atoms with Gasteiger partial charge in [-0.3, -0.25) is 9.69 Å². The Morgan fingerprint density at radius 2 is 1.66 bits per heavy atom. The first-order valence-corrected chi connectivity index (χ1v) is 15.2. The van der Waals surface area contributed by atoms with E-state index in [4.69, 9.17) is 18.9 Å². The Morgan fingerprint density at radius 3 is 2.39 bits per heavy atom. The molecular formula is C34H41N3O7. The van der Waals surface area contributed by atoms with E-state index < -0.39 is 18.3 Å². The van der Waals surface area contributed by atoms with Gasteiger partial charge in [0.25, 0.3) is 0 Å². The summed E-state index contributed by atoms with van der Waals surface area (Å²) in [5, 5.41) is 14.7. The summed E-state index contributed by atoms with van der Waals surface area (Å²) in [5.41, 5.74) is 5.85. The average Bonchev–Trinajstić information content (AvgIpc) is 3.07. The summed E-state index contributed by atoms with van der Waals surface area (Å²) in [4.78, 5) is 25.9. The Kier molecular flexibility index (Phi) is 11.3. The van der Waals surface area contributed by atoms with Gasteiger partial charge in [0, 0.05) is 38.2 Å². The number of carbonyl (C=O) groups is 2. The number of morpholine rings is 1. The number of amides is 2. The first-order chi connectivity index (χ1) is 21.5. The number of hydrogen-bond donors (Lipinski definition) is 3. The molecule has 44 heavy (non-hydrogen) atoms. The van der Waals surface area contributed by atoms with E-state index in [0.717, 1.165) is 72.6 Å². The highest BCUT2D eigenvalue weighted by Crippen LogP contribution is 2.38. The van der Waals surface area contributed by atoms with Crippen molar-refractivity contribution >= 4 is 12.0 Å². The van der Waals surface area contributed by atoms with E-state index in [2.05, 4.69) is 27.7 Å². The van der Waals surface area contributed by atoms with Crippen molar-refractivity contribution in [3.05, 3.63) is 95.1 Å². The van der Waals surface area contributed by atoms with Crippen molar-refractivity contribution in [3.8, 4) is 11.1 Å². The van der Waals surface area contributed by atoms with Gasteiger partial charge in [-0.2, -0.15) is 0 Å². The number of nitrogens with zero attached hydrogens (tertiary/aromatic N) is 1. The lowest BCUT2D eigenvalue weighted by Crippen LogP contribution is -2.44. The number of nitrogens with one attached hydrogen (secondary N) is 2. The Balaban J connectivity index is 1.24. The largest absolute Gasteiger partial charge is 0.465 e. The fraction of sp³-hybridized carbons (Fsp3) is 0.412. The number of carbonyl (C=O) groups excluding carboxylic acids is 2. The van der Waals surface area contributed by atoms with Crippen molar-refractivity contribution in [2.75, 3.05) is 46.0 Å². The summed E-state index contributed by atoms with van der Waals surface area (Å²) < 4.78 is 23.4. The van der Waals surface area contributed by atoms with Gasteiger partial charge in [0.15, 0.2) is 6.29 Å². The quantitative estimate of drug-likeness (QED) is 0.281. The highest BCUT2D eigenvalue weighted by Gasteiger charge is 2.33. The van der Waals surface area contributed by atoms with E-state index in [1.165, 1.54) is 0 Å². The zero-order chi connectivity index (χ0) is 30.7. The van der Waals surface area contributed by atoms with Crippen molar-refractivity contribution in [2.45, 2.75) is 45.0 Å². The molecule has 0 saturated carbocycles. The molecule has 5 rings (SSSR count). The third kappa shape index (κ3) is 8.87. The van der Waals surface area contributed by atoms with Gasteiger partial charge < -0.3 is 34.7 Å². The lowest BCUT2D eigenvalue weighted by Gasteiger charge is -2.39. The maximum Gasteiger partial charge on any atom is 0.325 e. The van der Waals surface area contributed by atoms with E-state index in [-0.39, 0.29) is 32.0 Å². The van der Waals surface area contributed by atoms with Crippen LogP contribution in [0.1, 0.15) is 48.0 Å². The summed E-state index contributed by atoms with van der Waals surface area (Å²) in [5.74, 6) is -0.475. The van der Waals surface area contributed by atoms with Crippen LogP contribution in [0.2, 0.25) is 0 Å². The van der Waals surface area contributed by atoms with Crippen LogP contribution in [0, 0.1) is 0 Å². The summed E-state index contributed by atoms with van der Waals surface area (Å²) >= 11 is 0. The van der Waals surface area contributed by atoms with Gasteiger partial charge in [0.1, 0.15) is 6.54 Å². The second-order valence-corrected chi connectivity index (χ2v) is 10.9. The molecule has 2 heterocycles. The van der Waals surface area contributed by atoms with Crippen LogP contribution in [0.3, 0.4) is 0 Å². The molecule has 3 aromatic rings. The monoisotopic (exact) mass is 603 g/mol. The summed E-state index contributed by atoms with van der Waals surface area (Å²) in [6.07, 6.45) is 0.0835. The van der Waals surface area contributed by atoms with Gasteiger partial charge in [0.2, 0.25) is 0 Å². The fourth-order valence-corrected chi connectivity index (χ4v) is 5.41. The van der Waals surface area contributed by atoms with Crippen LogP contribution in [0.25, 0.3) is 11.1 Å². The summed E-state index contributed by atoms with van der Waals surface area (Å²) in [6, 6.07) is 23.6. The molecule has 0 aliphatic carbocycles. The molecule has 0 bridgehead atoms. The fourth-order valence-electron chi connectivity index (χ4n) is 5.41. The zero-order valence-electron chi connectivity index (χ0n) is 25.1. The molecule has 234 valence electrons. The van der Waals surface area contributed by atoms with Crippen LogP contribution in [0.15, 0.2) is 72.8 Å². The van der Waals surface area contributed by atoms with Crippen molar-refractivity contribution < 1.29 is 33.6 Å². The van der Waals surface area contributed by atoms with E-state index in [1.807, 2.05) is 60.7 Å². The Bertz CT molecular complexity index is 1360. The molecule has 10 heteroatoms. The predicted octanol–water partition coefficient (Wildman–Crippen LogP) is 4.09. The zero-order valence-corrected chi connectivity index (χ0v) is 25.1. The number of ether oxygens (including phenoxy) is 4. The smallest absolute Gasteiger partial charge is 0.325 e. The maximum absolute atomic E-state index is 12.1. The number of urea groups is 1. The first-order valence-electron chi connectivity index (χ1n) is 15.2. The Morgan fingerprint density at radius 1 is 0.909 bits per heavy atom. The van der Waals surface area contributed by atoms with E-state index in [1.54, 1.807) is 6.92 Å². The highest BCUT2D eigenvalue weighted by molar-refractivity contribution is 5.80. The van der Waals surface area contributed by atoms with Gasteiger partial charge in [-0.15, -0.1) is 0 Å². The van der Waals surface area contributed by atoms with Gasteiger partial charge >= 0.3 is 12.0 Å². The lowest BCUT2D eigenvalue weighted by molar-refractivity contribution is -0.253. The molecule has 0 aromatic heterocycles. The molecule has 3 N–H and O–H groups in total. The van der Waals surface area contributed by atoms with E-state index >= 15 is 0 Å². The third-order valence-corrected chi connectivity index (χ3v) is 7.78. The molecule has 2 saturated heterocycles. The predicted molar refractivity (Wildman–Crippen MR) is 164 cm³/mol. The molecule has 0 spiro atoms. The van der Waals surface area contributed by atoms with Crippen LogP contribution in [0.5, 0.6) is 0 Å². The number of aliphatic hydroxyl groups excluding tert-OH is 1. The maximum atomic E-state index is 12.1. The van der Waals surface area contributed by atoms with Crippen LogP contribution in [-0.4, -0.2) is 74.1 Å². The summed E-state index contributed by atoms with van der Waals surface area (Å²) in [7, 11) is 0. The minimum Gasteiger partial charge on any atom is -0.465 e. The minimum absolute atomic E-state index is 0.00674. The van der Waals surface area contributed by atoms with Gasteiger partial charge in [-0.05, 0) is 40.8 Å². The van der Waals surface area contributed by atoms with Gasteiger partial charge in [-0.25, -0.2) is 4.79 Å². The number of esters is 1. The molecule has 10 nitrogen and oxygen atoms in total. The van der Waals surface area contributed by atoms with Gasteiger partial charge in [0.05, 0.1) is 38.6 Å². The topological polar surface area (TPSA) is 119 Å². The highest BCUT2D eigenvalue weighted by atomic mass is 16.7. The Hall–Kier alpha value is -3.80. The number of aliphatic hydroxyl groups is 1. The molecule has 0 unspecified atom stereocenters. The van der Waals surface area contributed by atoms with Crippen molar-refractivity contribution in [3.63, 3.8) is 0 Å². The molecule has 3 atom stereocenters.